The lowest BCUT2D eigenvalue weighted by Gasteiger charge is -2.62. The van der Waals surface area contributed by atoms with Gasteiger partial charge in [0.2, 0.25) is 0 Å². The number of rotatable bonds is 5. The number of nitrogens with zero attached hydrogens (tertiary/aromatic N) is 2. The summed E-state index contributed by atoms with van der Waals surface area (Å²) in [6.45, 7) is 23.4. The van der Waals surface area contributed by atoms with Crippen molar-refractivity contribution in [1.29, 1.82) is 0 Å². The molecule has 28 heavy (non-hydrogen) atoms. The summed E-state index contributed by atoms with van der Waals surface area (Å²) in [7, 11) is 0. The van der Waals surface area contributed by atoms with Gasteiger partial charge in [0, 0.05) is 22.5 Å². The van der Waals surface area contributed by atoms with E-state index >= 15 is 0 Å². The zero-order valence-corrected chi connectivity index (χ0v) is 19.7. The van der Waals surface area contributed by atoms with Crippen molar-refractivity contribution in [3.8, 4) is 0 Å². The molecule has 2 aromatic carbocycles. The van der Waals surface area contributed by atoms with Gasteiger partial charge in [0.25, 0.3) is 0 Å². The molecule has 2 aromatic rings. The number of benzene rings is 2. The first-order valence-electron chi connectivity index (χ1n) is 10.4. The second kappa shape index (κ2) is 7.46. The minimum Gasteiger partial charge on any atom is -0.359 e. The monoisotopic (exact) mass is 380 g/mol. The Hall–Kier alpha value is -1.96. The highest BCUT2D eigenvalue weighted by molar-refractivity contribution is 5.57. The summed E-state index contributed by atoms with van der Waals surface area (Å²) in [4.78, 5) is 5.17. The molecule has 2 heteroatoms. The summed E-state index contributed by atoms with van der Waals surface area (Å²) in [6.07, 6.45) is 0. The molecule has 0 radical (unpaired) electrons. The molecule has 0 bridgehead atoms. The molecule has 2 rings (SSSR count). The van der Waals surface area contributed by atoms with Crippen molar-refractivity contribution in [1.82, 2.24) is 0 Å². The van der Waals surface area contributed by atoms with Crippen LogP contribution in [0.1, 0.15) is 69.2 Å². The topological polar surface area (TPSA) is 6.48 Å². The Bertz CT molecular complexity index is 679. The fraction of sp³-hybridized carbons (Fsp3) is 0.538. The van der Waals surface area contributed by atoms with E-state index in [4.69, 9.17) is 0 Å². The van der Waals surface area contributed by atoms with Crippen LogP contribution in [0.15, 0.2) is 60.7 Å². The molecule has 0 aromatic heterocycles. The highest BCUT2D eigenvalue weighted by Gasteiger charge is 2.51. The predicted octanol–water partition coefficient (Wildman–Crippen LogP) is 7.15. The fourth-order valence-corrected chi connectivity index (χ4v) is 4.80. The van der Waals surface area contributed by atoms with Gasteiger partial charge in [0.15, 0.2) is 0 Å². The molecule has 0 heterocycles. The lowest BCUT2D eigenvalue weighted by Crippen LogP contribution is -2.72. The Balaban J connectivity index is 2.67. The quantitative estimate of drug-likeness (QED) is 0.543. The molecular formula is C26H40N2. The molecule has 0 saturated heterocycles. The number of para-hydroxylation sites is 2. The van der Waals surface area contributed by atoms with Crippen molar-refractivity contribution in [2.24, 2.45) is 0 Å². The van der Waals surface area contributed by atoms with Gasteiger partial charge in [-0.25, -0.2) is 0 Å². The first-order chi connectivity index (χ1) is 12.7. The molecule has 0 spiro atoms. The average molecular weight is 381 g/mol. The fourth-order valence-electron chi connectivity index (χ4n) is 4.80. The highest BCUT2D eigenvalue weighted by atomic mass is 15.4. The minimum absolute atomic E-state index is 0.0254. The SMILES string of the molecule is CC(C)(C)N(c1ccccc1)C(C)(C)C(C)(C)N(c1ccccc1)C(C)(C)C. The molecule has 0 amide bonds. The molecular weight excluding hydrogens is 340 g/mol. The lowest BCUT2D eigenvalue weighted by molar-refractivity contribution is 0.202. The lowest BCUT2D eigenvalue weighted by atomic mass is 9.74. The summed E-state index contributed by atoms with van der Waals surface area (Å²) >= 11 is 0. The maximum atomic E-state index is 2.58. The third-order valence-corrected chi connectivity index (χ3v) is 5.99. The predicted molar refractivity (Wildman–Crippen MR) is 126 cm³/mol. The molecule has 2 nitrogen and oxygen atoms in total. The molecule has 0 atom stereocenters. The smallest absolute Gasteiger partial charge is 0.0577 e. The van der Waals surface area contributed by atoms with E-state index in [1.54, 1.807) is 0 Å². The summed E-state index contributed by atoms with van der Waals surface area (Å²) in [5, 5.41) is 0. The van der Waals surface area contributed by atoms with Gasteiger partial charge >= 0.3 is 0 Å². The van der Waals surface area contributed by atoms with E-state index in [-0.39, 0.29) is 22.2 Å². The molecule has 154 valence electrons. The maximum absolute atomic E-state index is 2.58. The van der Waals surface area contributed by atoms with Gasteiger partial charge in [-0.1, -0.05) is 36.4 Å². The van der Waals surface area contributed by atoms with E-state index < -0.39 is 0 Å². The van der Waals surface area contributed by atoms with E-state index in [1.807, 2.05) is 0 Å². The Morgan fingerprint density at radius 3 is 0.893 bits per heavy atom. The van der Waals surface area contributed by atoms with Gasteiger partial charge in [0.1, 0.15) is 0 Å². The number of hydrogen-bond donors (Lipinski definition) is 0. The first kappa shape index (κ1) is 22.3. The largest absolute Gasteiger partial charge is 0.359 e. The second-order valence-corrected chi connectivity index (χ2v) is 10.8. The molecule has 0 aliphatic heterocycles. The van der Waals surface area contributed by atoms with Crippen LogP contribution in [-0.4, -0.2) is 22.2 Å². The standard InChI is InChI=1S/C26H40N2/c1-23(2,3)27(21-17-13-11-14-18-21)25(7,8)26(9,10)28(24(4,5)6)22-19-15-12-16-20-22/h11-20H,1-10H3. The van der Waals surface area contributed by atoms with Crippen LogP contribution < -0.4 is 9.80 Å². The minimum atomic E-state index is -0.157. The second-order valence-electron chi connectivity index (χ2n) is 10.8. The molecule has 0 unspecified atom stereocenters. The van der Waals surface area contributed by atoms with Gasteiger partial charge in [-0.05, 0) is 93.5 Å². The number of hydrogen-bond acceptors (Lipinski definition) is 2. The average Bonchev–Trinajstić information content (AvgIpc) is 2.53. The normalized spacial score (nSPS) is 13.4. The van der Waals surface area contributed by atoms with Gasteiger partial charge in [-0.15, -0.1) is 0 Å². The molecule has 0 aliphatic carbocycles. The van der Waals surface area contributed by atoms with E-state index in [1.165, 1.54) is 11.4 Å². The van der Waals surface area contributed by atoms with E-state index in [0.717, 1.165) is 0 Å². The van der Waals surface area contributed by atoms with Crippen LogP contribution in [0, 0.1) is 0 Å². The zero-order valence-electron chi connectivity index (χ0n) is 19.7. The van der Waals surface area contributed by atoms with Gasteiger partial charge in [-0.2, -0.15) is 0 Å². The molecule has 0 N–H and O–H groups in total. The van der Waals surface area contributed by atoms with Crippen LogP contribution in [0.4, 0.5) is 11.4 Å². The first-order valence-corrected chi connectivity index (χ1v) is 10.4. The molecule has 0 fully saturated rings. The van der Waals surface area contributed by atoms with Crippen molar-refractivity contribution in [3.05, 3.63) is 60.7 Å². The van der Waals surface area contributed by atoms with Gasteiger partial charge < -0.3 is 9.80 Å². The maximum Gasteiger partial charge on any atom is 0.0577 e. The van der Waals surface area contributed by atoms with Crippen LogP contribution in [0.2, 0.25) is 0 Å². The van der Waals surface area contributed by atoms with Gasteiger partial charge in [0.05, 0.1) is 11.1 Å². The van der Waals surface area contributed by atoms with E-state index in [9.17, 15) is 0 Å². The summed E-state index contributed by atoms with van der Waals surface area (Å²) in [5.41, 5.74) is 2.15. The Kier molecular flexibility index (Phi) is 5.95. The van der Waals surface area contributed by atoms with Crippen LogP contribution in [-0.2, 0) is 0 Å². The van der Waals surface area contributed by atoms with Gasteiger partial charge in [-0.3, -0.25) is 0 Å². The van der Waals surface area contributed by atoms with Crippen LogP contribution in [0.25, 0.3) is 0 Å². The summed E-state index contributed by atoms with van der Waals surface area (Å²) < 4.78 is 0. The van der Waals surface area contributed by atoms with Crippen molar-refractivity contribution < 1.29 is 0 Å². The number of anilines is 2. The Morgan fingerprint density at radius 1 is 0.429 bits per heavy atom. The third kappa shape index (κ3) is 4.21. The Morgan fingerprint density at radius 2 is 0.679 bits per heavy atom. The Labute approximate surface area is 173 Å². The zero-order chi connectivity index (χ0) is 21.4. The van der Waals surface area contributed by atoms with Crippen molar-refractivity contribution in [3.63, 3.8) is 0 Å². The molecule has 0 aliphatic rings. The van der Waals surface area contributed by atoms with E-state index in [0.29, 0.717) is 0 Å². The third-order valence-electron chi connectivity index (χ3n) is 5.99. The van der Waals surface area contributed by atoms with Crippen molar-refractivity contribution in [2.45, 2.75) is 91.4 Å². The van der Waals surface area contributed by atoms with E-state index in [2.05, 4.69) is 140 Å². The van der Waals surface area contributed by atoms with Crippen LogP contribution in [0.5, 0.6) is 0 Å². The van der Waals surface area contributed by atoms with Crippen molar-refractivity contribution >= 4 is 11.4 Å². The highest BCUT2D eigenvalue weighted by Crippen LogP contribution is 2.44. The molecule has 0 saturated carbocycles. The van der Waals surface area contributed by atoms with Crippen LogP contribution in [0.3, 0.4) is 0 Å². The summed E-state index contributed by atoms with van der Waals surface area (Å²) in [5.74, 6) is 0. The summed E-state index contributed by atoms with van der Waals surface area (Å²) in [6, 6.07) is 21.6. The van der Waals surface area contributed by atoms with Crippen molar-refractivity contribution in [2.75, 3.05) is 9.80 Å². The van der Waals surface area contributed by atoms with Crippen LogP contribution >= 0.6 is 0 Å².